The number of thiophene rings is 1. The van der Waals surface area contributed by atoms with E-state index in [0.29, 0.717) is 25.3 Å². The van der Waals surface area contributed by atoms with Gasteiger partial charge in [0.2, 0.25) is 10.0 Å². The summed E-state index contributed by atoms with van der Waals surface area (Å²) in [5.74, 6) is -0.248. The van der Waals surface area contributed by atoms with E-state index in [1.54, 1.807) is 23.5 Å². The third kappa shape index (κ3) is 5.41. The largest absolute Gasteiger partial charge is 0.379 e. The third-order valence-corrected chi connectivity index (χ3v) is 9.04. The van der Waals surface area contributed by atoms with E-state index in [4.69, 9.17) is 4.74 Å². The number of carbonyl (C=O) groups is 1. The van der Waals surface area contributed by atoms with Crippen molar-refractivity contribution in [1.29, 1.82) is 0 Å². The minimum Gasteiger partial charge on any atom is -0.379 e. The van der Waals surface area contributed by atoms with Crippen LogP contribution in [0.5, 0.6) is 0 Å². The summed E-state index contributed by atoms with van der Waals surface area (Å²) in [5, 5.41) is 5.15. The van der Waals surface area contributed by atoms with Crippen LogP contribution < -0.4 is 10.2 Å². The molecule has 1 aromatic carbocycles. The van der Waals surface area contributed by atoms with Gasteiger partial charge in [-0.2, -0.15) is 0 Å². The zero-order valence-corrected chi connectivity index (χ0v) is 20.8. The molecular weight excluding hydrogens is 460 g/mol. The summed E-state index contributed by atoms with van der Waals surface area (Å²) in [4.78, 5) is 19.3. The van der Waals surface area contributed by atoms with Crippen molar-refractivity contribution in [3.63, 3.8) is 0 Å². The SMILES string of the molecule is CN(C)S(=O)(=O)c1ccc(N2CCCC2)c(C(=O)NCC(c2cccs2)N2CCOCC2)c1. The fraction of sp³-hybridized carbons (Fsp3) is 0.522. The van der Waals surface area contributed by atoms with Gasteiger partial charge in [0.15, 0.2) is 0 Å². The lowest BCUT2D eigenvalue weighted by Gasteiger charge is -2.34. The van der Waals surface area contributed by atoms with E-state index in [0.717, 1.165) is 44.7 Å². The second-order valence-electron chi connectivity index (χ2n) is 8.55. The predicted octanol–water partition coefficient (Wildman–Crippen LogP) is 2.40. The maximum absolute atomic E-state index is 13.4. The van der Waals surface area contributed by atoms with Gasteiger partial charge >= 0.3 is 0 Å². The molecule has 0 spiro atoms. The Kier molecular flexibility index (Phi) is 7.70. The Labute approximate surface area is 200 Å². The second kappa shape index (κ2) is 10.5. The van der Waals surface area contributed by atoms with Gasteiger partial charge in [-0.3, -0.25) is 9.69 Å². The van der Waals surface area contributed by atoms with Gasteiger partial charge in [0.25, 0.3) is 5.91 Å². The average molecular weight is 493 g/mol. The van der Waals surface area contributed by atoms with E-state index in [-0.39, 0.29) is 16.8 Å². The summed E-state index contributed by atoms with van der Waals surface area (Å²) < 4.78 is 32.1. The molecule has 10 heteroatoms. The van der Waals surface area contributed by atoms with Crippen LogP contribution in [-0.2, 0) is 14.8 Å². The smallest absolute Gasteiger partial charge is 0.253 e. The Morgan fingerprint density at radius 2 is 1.88 bits per heavy atom. The minimum atomic E-state index is -3.64. The topological polar surface area (TPSA) is 82.2 Å². The molecule has 8 nitrogen and oxygen atoms in total. The van der Waals surface area contributed by atoms with Gasteiger partial charge in [0, 0.05) is 57.4 Å². The third-order valence-electron chi connectivity index (χ3n) is 6.25. The number of benzene rings is 1. The number of hydrogen-bond donors (Lipinski definition) is 1. The van der Waals surface area contributed by atoms with Gasteiger partial charge in [-0.15, -0.1) is 11.3 Å². The Balaban J connectivity index is 1.60. The zero-order valence-electron chi connectivity index (χ0n) is 19.2. The van der Waals surface area contributed by atoms with Crippen molar-refractivity contribution in [2.45, 2.75) is 23.8 Å². The van der Waals surface area contributed by atoms with Crippen molar-refractivity contribution < 1.29 is 17.9 Å². The van der Waals surface area contributed by atoms with Crippen LogP contribution in [0.15, 0.2) is 40.6 Å². The van der Waals surface area contributed by atoms with Crippen LogP contribution in [0, 0.1) is 0 Å². The molecule has 2 fully saturated rings. The molecule has 1 aromatic heterocycles. The van der Waals surface area contributed by atoms with E-state index in [1.165, 1.54) is 29.3 Å². The molecule has 1 amide bonds. The number of rotatable bonds is 8. The van der Waals surface area contributed by atoms with Crippen molar-refractivity contribution in [2.24, 2.45) is 0 Å². The highest BCUT2D eigenvalue weighted by Crippen LogP contribution is 2.29. The Morgan fingerprint density at radius 1 is 1.15 bits per heavy atom. The van der Waals surface area contributed by atoms with Crippen LogP contribution in [0.4, 0.5) is 5.69 Å². The molecule has 0 aliphatic carbocycles. The van der Waals surface area contributed by atoms with Gasteiger partial charge in [0.05, 0.1) is 29.7 Å². The van der Waals surface area contributed by atoms with E-state index >= 15 is 0 Å². The van der Waals surface area contributed by atoms with Crippen molar-refractivity contribution in [1.82, 2.24) is 14.5 Å². The molecular formula is C23H32N4O4S2. The molecule has 180 valence electrons. The van der Waals surface area contributed by atoms with Crippen LogP contribution in [0.3, 0.4) is 0 Å². The predicted molar refractivity (Wildman–Crippen MR) is 131 cm³/mol. The van der Waals surface area contributed by atoms with Crippen LogP contribution in [-0.4, -0.2) is 83.6 Å². The molecule has 2 aliphatic heterocycles. The molecule has 1 unspecified atom stereocenters. The maximum atomic E-state index is 13.4. The normalized spacial score (nSPS) is 18.6. The summed E-state index contributed by atoms with van der Waals surface area (Å²) in [5.41, 5.74) is 1.20. The number of ether oxygens (including phenoxy) is 1. The van der Waals surface area contributed by atoms with Gasteiger partial charge in [-0.05, 0) is 42.5 Å². The van der Waals surface area contributed by atoms with Crippen LogP contribution >= 0.6 is 11.3 Å². The lowest BCUT2D eigenvalue weighted by atomic mass is 10.1. The maximum Gasteiger partial charge on any atom is 0.253 e. The molecule has 4 rings (SSSR count). The molecule has 1 N–H and O–H groups in total. The number of amides is 1. The van der Waals surface area contributed by atoms with E-state index < -0.39 is 10.0 Å². The summed E-state index contributed by atoms with van der Waals surface area (Å²) in [6.45, 7) is 5.17. The average Bonchev–Trinajstić information content (AvgIpc) is 3.54. The van der Waals surface area contributed by atoms with Gasteiger partial charge in [0.1, 0.15) is 0 Å². The zero-order chi connectivity index (χ0) is 23.4. The highest BCUT2D eigenvalue weighted by atomic mass is 32.2. The summed E-state index contributed by atoms with van der Waals surface area (Å²) in [7, 11) is -0.648. The van der Waals surface area contributed by atoms with Gasteiger partial charge in [-0.25, -0.2) is 12.7 Å². The van der Waals surface area contributed by atoms with Crippen molar-refractivity contribution in [2.75, 3.05) is 64.9 Å². The lowest BCUT2D eigenvalue weighted by molar-refractivity contribution is 0.0169. The Hall–Kier alpha value is -1.98. The summed E-state index contributed by atoms with van der Waals surface area (Å²) in [6, 6.07) is 9.07. The highest BCUT2D eigenvalue weighted by molar-refractivity contribution is 7.89. The quantitative estimate of drug-likeness (QED) is 0.610. The second-order valence-corrected chi connectivity index (χ2v) is 11.7. The fourth-order valence-corrected chi connectivity index (χ4v) is 6.16. The summed E-state index contributed by atoms with van der Waals surface area (Å²) >= 11 is 1.68. The minimum absolute atomic E-state index is 0.0572. The van der Waals surface area contributed by atoms with E-state index in [9.17, 15) is 13.2 Å². The Morgan fingerprint density at radius 3 is 2.52 bits per heavy atom. The molecule has 1 atom stereocenters. The molecule has 3 heterocycles. The first kappa shape index (κ1) is 24.2. The van der Waals surface area contributed by atoms with E-state index in [1.807, 2.05) is 11.4 Å². The molecule has 2 saturated heterocycles. The van der Waals surface area contributed by atoms with Crippen molar-refractivity contribution in [3.05, 3.63) is 46.2 Å². The summed E-state index contributed by atoms with van der Waals surface area (Å²) in [6.07, 6.45) is 2.13. The molecule has 33 heavy (non-hydrogen) atoms. The Bertz CT molecular complexity index is 1040. The molecule has 0 saturated carbocycles. The van der Waals surface area contributed by atoms with Crippen molar-refractivity contribution >= 4 is 33.0 Å². The number of morpholine rings is 1. The first-order valence-electron chi connectivity index (χ1n) is 11.3. The first-order chi connectivity index (χ1) is 15.9. The number of nitrogens with one attached hydrogen (secondary N) is 1. The number of carbonyl (C=O) groups excluding carboxylic acids is 1. The van der Waals surface area contributed by atoms with Crippen LogP contribution in [0.1, 0.15) is 34.1 Å². The lowest BCUT2D eigenvalue weighted by Crippen LogP contribution is -2.43. The number of sulfonamides is 1. The number of hydrogen-bond acceptors (Lipinski definition) is 7. The fourth-order valence-electron chi connectivity index (χ4n) is 4.37. The molecule has 2 aromatic rings. The van der Waals surface area contributed by atoms with Gasteiger partial charge < -0.3 is 15.0 Å². The van der Waals surface area contributed by atoms with Crippen LogP contribution in [0.25, 0.3) is 0 Å². The van der Waals surface area contributed by atoms with Crippen LogP contribution in [0.2, 0.25) is 0 Å². The standard InChI is InChI=1S/C23H32N4O4S2/c1-25(2)33(29,30)18-7-8-20(26-9-3-4-10-26)19(16-18)23(28)24-17-21(22-6-5-15-32-22)27-11-13-31-14-12-27/h5-8,15-16,21H,3-4,9-14,17H2,1-2H3,(H,24,28). The number of nitrogens with zero attached hydrogens (tertiary/aromatic N) is 3. The molecule has 2 aliphatic rings. The number of anilines is 1. The monoisotopic (exact) mass is 492 g/mol. The molecule has 0 radical (unpaired) electrons. The van der Waals surface area contributed by atoms with Gasteiger partial charge in [-0.1, -0.05) is 6.07 Å². The highest BCUT2D eigenvalue weighted by Gasteiger charge is 2.27. The van der Waals surface area contributed by atoms with E-state index in [2.05, 4.69) is 21.2 Å². The molecule has 0 bridgehead atoms. The first-order valence-corrected chi connectivity index (χ1v) is 13.6. The van der Waals surface area contributed by atoms with Crippen molar-refractivity contribution in [3.8, 4) is 0 Å².